The Bertz CT molecular complexity index is 1270. The number of nitro benzene ring substituents is 1. The Kier molecular flexibility index (Phi) is 5.48. The summed E-state index contributed by atoms with van der Waals surface area (Å²) in [6.45, 7) is 5.54. The third kappa shape index (κ3) is 4.29. The molecule has 31 heavy (non-hydrogen) atoms. The van der Waals surface area contributed by atoms with Gasteiger partial charge in [0.2, 0.25) is 0 Å². The van der Waals surface area contributed by atoms with E-state index in [4.69, 9.17) is 4.42 Å². The van der Waals surface area contributed by atoms with Gasteiger partial charge in [-0.1, -0.05) is 18.2 Å². The highest BCUT2D eigenvalue weighted by Crippen LogP contribution is 2.34. The Hall–Kier alpha value is -3.65. The summed E-state index contributed by atoms with van der Waals surface area (Å²) in [4.78, 5) is 28.2. The largest absolute Gasteiger partial charge is 0.457 e. The van der Waals surface area contributed by atoms with Crippen molar-refractivity contribution in [2.24, 2.45) is 4.99 Å². The Balaban J connectivity index is 1.61. The fourth-order valence-corrected chi connectivity index (χ4v) is 4.10. The number of nitro groups is 1. The smallest absolute Gasteiger partial charge is 0.273 e. The molecule has 0 bridgehead atoms. The number of carbonyl (C=O) groups excluding carboxylic acids is 1. The van der Waals surface area contributed by atoms with Gasteiger partial charge in [-0.05, 0) is 67.9 Å². The molecule has 2 heterocycles. The number of thioether (sulfide) groups is 1. The van der Waals surface area contributed by atoms with Crippen molar-refractivity contribution in [3.05, 3.63) is 86.0 Å². The van der Waals surface area contributed by atoms with E-state index < -0.39 is 4.92 Å². The first-order valence-corrected chi connectivity index (χ1v) is 10.3. The van der Waals surface area contributed by atoms with Crippen LogP contribution in [0.2, 0.25) is 0 Å². The highest BCUT2D eigenvalue weighted by molar-refractivity contribution is 8.18. The summed E-state index contributed by atoms with van der Waals surface area (Å²) in [5.41, 5.74) is 3.97. The van der Waals surface area contributed by atoms with Crippen LogP contribution in [0.4, 0.5) is 11.4 Å². The number of para-hydroxylation sites is 1. The highest BCUT2D eigenvalue weighted by atomic mass is 32.2. The molecule has 1 aliphatic heterocycles. The summed E-state index contributed by atoms with van der Waals surface area (Å²) in [5, 5.41) is 14.5. The van der Waals surface area contributed by atoms with Crippen molar-refractivity contribution >= 4 is 40.3 Å². The number of carbonyl (C=O) groups is 1. The molecule has 1 fully saturated rings. The lowest BCUT2D eigenvalue weighted by Crippen LogP contribution is -2.19. The Labute approximate surface area is 183 Å². The minimum absolute atomic E-state index is 0.0414. The van der Waals surface area contributed by atoms with E-state index in [0.717, 1.165) is 16.8 Å². The number of amides is 1. The number of aryl methyl sites for hydroxylation is 3. The molecule has 4 rings (SSSR count). The summed E-state index contributed by atoms with van der Waals surface area (Å²) >= 11 is 1.23. The first-order chi connectivity index (χ1) is 14.8. The highest BCUT2D eigenvalue weighted by Gasteiger charge is 2.25. The van der Waals surface area contributed by atoms with Crippen molar-refractivity contribution < 1.29 is 14.1 Å². The number of nitrogens with zero attached hydrogens (tertiary/aromatic N) is 2. The molecule has 2 aromatic carbocycles. The lowest BCUT2D eigenvalue weighted by atomic mass is 10.0. The van der Waals surface area contributed by atoms with E-state index in [1.54, 1.807) is 31.2 Å². The van der Waals surface area contributed by atoms with Crippen LogP contribution in [0.3, 0.4) is 0 Å². The third-order valence-corrected chi connectivity index (χ3v) is 5.80. The van der Waals surface area contributed by atoms with Crippen LogP contribution in [0.25, 0.3) is 17.4 Å². The number of hydrogen-bond donors (Lipinski definition) is 1. The van der Waals surface area contributed by atoms with Crippen LogP contribution < -0.4 is 5.32 Å². The number of benzene rings is 2. The minimum Gasteiger partial charge on any atom is -0.457 e. The predicted molar refractivity (Wildman–Crippen MR) is 122 cm³/mol. The lowest BCUT2D eigenvalue weighted by Gasteiger charge is -2.05. The standard InChI is InChI=1S/C23H19N3O4S/c1-13-6-4-5-7-18(13)24-23-25-22(27)21(31-23)11-16-8-9-20(30-16)17-12-19(26(28)29)15(3)10-14(17)2/h4-12H,1-3H3,(H,24,25,27)/b21-11-. The first-order valence-electron chi connectivity index (χ1n) is 9.53. The van der Waals surface area contributed by atoms with Gasteiger partial charge in [0.25, 0.3) is 11.6 Å². The Morgan fingerprint density at radius 2 is 1.84 bits per heavy atom. The van der Waals surface area contributed by atoms with Crippen LogP contribution in [0.1, 0.15) is 22.5 Å². The van der Waals surface area contributed by atoms with Crippen LogP contribution in [0, 0.1) is 30.9 Å². The second kappa shape index (κ2) is 8.23. The van der Waals surface area contributed by atoms with E-state index in [1.807, 2.05) is 38.1 Å². The molecule has 0 atom stereocenters. The maximum Gasteiger partial charge on any atom is 0.273 e. The van der Waals surface area contributed by atoms with E-state index in [1.165, 1.54) is 17.8 Å². The van der Waals surface area contributed by atoms with Crippen LogP contribution in [-0.4, -0.2) is 16.0 Å². The summed E-state index contributed by atoms with van der Waals surface area (Å²) < 4.78 is 5.88. The van der Waals surface area contributed by atoms with Crippen LogP contribution in [0.5, 0.6) is 0 Å². The van der Waals surface area contributed by atoms with Gasteiger partial charge < -0.3 is 9.73 Å². The number of aliphatic imine (C=N–C) groups is 1. The van der Waals surface area contributed by atoms with Gasteiger partial charge in [-0.2, -0.15) is 0 Å². The minimum atomic E-state index is -0.404. The van der Waals surface area contributed by atoms with Crippen molar-refractivity contribution in [3.8, 4) is 11.3 Å². The Morgan fingerprint density at radius 1 is 1.06 bits per heavy atom. The fraction of sp³-hybridized carbons (Fsp3) is 0.130. The van der Waals surface area contributed by atoms with Gasteiger partial charge in [0, 0.05) is 23.3 Å². The van der Waals surface area contributed by atoms with E-state index in [-0.39, 0.29) is 11.6 Å². The molecule has 0 aliphatic carbocycles. The average molecular weight is 433 g/mol. The number of hydrogen-bond acceptors (Lipinski definition) is 6. The number of furan rings is 1. The molecule has 8 heteroatoms. The first kappa shape index (κ1) is 20.6. The van der Waals surface area contributed by atoms with Gasteiger partial charge in [-0.25, -0.2) is 4.99 Å². The summed E-state index contributed by atoms with van der Waals surface area (Å²) in [6.07, 6.45) is 1.64. The predicted octanol–water partition coefficient (Wildman–Crippen LogP) is 5.67. The molecule has 1 N–H and O–H groups in total. The summed E-state index contributed by atoms with van der Waals surface area (Å²) in [6, 6.07) is 14.4. The topological polar surface area (TPSA) is 97.7 Å². The van der Waals surface area contributed by atoms with Crippen molar-refractivity contribution in [3.63, 3.8) is 0 Å². The zero-order chi connectivity index (χ0) is 22.1. The molecule has 3 aromatic rings. The molecular weight excluding hydrogens is 414 g/mol. The average Bonchev–Trinajstić information content (AvgIpc) is 3.30. The second-order valence-corrected chi connectivity index (χ2v) is 8.21. The van der Waals surface area contributed by atoms with Crippen molar-refractivity contribution in [1.82, 2.24) is 5.32 Å². The fourth-order valence-electron chi connectivity index (χ4n) is 3.29. The maximum atomic E-state index is 12.4. The van der Waals surface area contributed by atoms with Gasteiger partial charge >= 0.3 is 0 Å². The summed E-state index contributed by atoms with van der Waals surface area (Å²) in [7, 11) is 0. The van der Waals surface area contributed by atoms with E-state index in [0.29, 0.717) is 32.7 Å². The molecule has 0 unspecified atom stereocenters. The monoisotopic (exact) mass is 433 g/mol. The van der Waals surface area contributed by atoms with Crippen molar-refractivity contribution in [2.75, 3.05) is 0 Å². The molecule has 1 saturated heterocycles. The maximum absolute atomic E-state index is 12.4. The number of nitrogens with one attached hydrogen (secondary N) is 1. The summed E-state index contributed by atoms with van der Waals surface area (Å²) in [5.74, 6) is 0.731. The molecule has 0 radical (unpaired) electrons. The quantitative estimate of drug-likeness (QED) is 0.325. The van der Waals surface area contributed by atoms with Gasteiger partial charge in [0.05, 0.1) is 15.5 Å². The van der Waals surface area contributed by atoms with E-state index in [9.17, 15) is 14.9 Å². The zero-order valence-electron chi connectivity index (χ0n) is 17.1. The molecular formula is C23H19N3O4S. The molecule has 1 aromatic heterocycles. The van der Waals surface area contributed by atoms with Gasteiger partial charge in [0.1, 0.15) is 11.5 Å². The molecule has 1 amide bonds. The van der Waals surface area contributed by atoms with Crippen LogP contribution in [0.15, 0.2) is 62.8 Å². The lowest BCUT2D eigenvalue weighted by molar-refractivity contribution is -0.385. The Morgan fingerprint density at radius 3 is 2.58 bits per heavy atom. The third-order valence-electron chi connectivity index (χ3n) is 4.89. The van der Waals surface area contributed by atoms with E-state index in [2.05, 4.69) is 10.3 Å². The normalized spacial score (nSPS) is 16.2. The van der Waals surface area contributed by atoms with Crippen molar-refractivity contribution in [2.45, 2.75) is 20.8 Å². The molecule has 0 spiro atoms. The molecule has 0 saturated carbocycles. The number of amidine groups is 1. The number of rotatable bonds is 4. The second-order valence-electron chi connectivity index (χ2n) is 7.18. The molecule has 7 nitrogen and oxygen atoms in total. The van der Waals surface area contributed by atoms with Gasteiger partial charge in [-0.15, -0.1) is 0 Å². The SMILES string of the molecule is Cc1ccccc1N=C1NC(=O)/C(=C/c2ccc(-c3cc([N+](=O)[O-])c(C)cc3C)o2)S1. The van der Waals surface area contributed by atoms with Gasteiger partial charge in [-0.3, -0.25) is 14.9 Å². The van der Waals surface area contributed by atoms with Gasteiger partial charge in [0.15, 0.2) is 5.17 Å². The molecule has 1 aliphatic rings. The van der Waals surface area contributed by atoms with E-state index >= 15 is 0 Å². The van der Waals surface area contributed by atoms with Crippen LogP contribution in [-0.2, 0) is 4.79 Å². The van der Waals surface area contributed by atoms with Crippen LogP contribution >= 0.6 is 11.8 Å². The molecule has 156 valence electrons. The van der Waals surface area contributed by atoms with Crippen molar-refractivity contribution in [1.29, 1.82) is 0 Å². The zero-order valence-corrected chi connectivity index (χ0v) is 17.9.